The maximum atomic E-state index is 12.3. The second-order valence-corrected chi connectivity index (χ2v) is 7.36. The van der Waals surface area contributed by atoms with E-state index >= 15 is 0 Å². The minimum absolute atomic E-state index is 0.00521. The first kappa shape index (κ1) is 18.1. The van der Waals surface area contributed by atoms with Gasteiger partial charge in [-0.15, -0.1) is 18.3 Å². The number of thiazole rings is 1. The smallest absolute Gasteiger partial charge is 0.271 e. The van der Waals surface area contributed by atoms with E-state index < -0.39 is 4.92 Å². The van der Waals surface area contributed by atoms with Crippen molar-refractivity contribution >= 4 is 44.9 Å². The van der Waals surface area contributed by atoms with Gasteiger partial charge >= 0.3 is 0 Å². The quantitative estimate of drug-likeness (QED) is 0.278. The molecule has 3 rings (SSSR count). The van der Waals surface area contributed by atoms with Crippen LogP contribution in [0.2, 0.25) is 0 Å². The average molecular weight is 385 g/mol. The summed E-state index contributed by atoms with van der Waals surface area (Å²) in [5, 5.41) is 11.0. The van der Waals surface area contributed by atoms with Crippen molar-refractivity contribution in [3.8, 4) is 0 Å². The van der Waals surface area contributed by atoms with Crippen molar-refractivity contribution in [1.29, 1.82) is 0 Å². The number of nitro benzene ring substituents is 1. The van der Waals surface area contributed by atoms with Gasteiger partial charge in [0.05, 0.1) is 20.9 Å². The first-order chi connectivity index (χ1) is 12.6. The average Bonchev–Trinajstić information content (AvgIpc) is 2.97. The fourth-order valence-corrected chi connectivity index (χ4v) is 4.10. The fourth-order valence-electron chi connectivity index (χ4n) is 2.36. The molecule has 0 spiro atoms. The van der Waals surface area contributed by atoms with E-state index in [2.05, 4.69) is 11.6 Å². The van der Waals surface area contributed by atoms with Crippen molar-refractivity contribution in [2.45, 2.75) is 11.4 Å². The summed E-state index contributed by atoms with van der Waals surface area (Å²) in [6.45, 7) is 4.13. The summed E-state index contributed by atoms with van der Waals surface area (Å²) in [7, 11) is 0. The lowest BCUT2D eigenvalue weighted by Gasteiger charge is -2.01. The Bertz CT molecular complexity index is 1040. The van der Waals surface area contributed by atoms with Crippen LogP contribution in [0.25, 0.3) is 10.2 Å². The van der Waals surface area contributed by atoms with E-state index in [1.165, 1.54) is 35.2 Å². The number of hydrogen-bond donors (Lipinski definition) is 0. The standard InChI is InChI=1S/C18H15N3O3S2/c1-2-10-20-15-11-13(21(23)24)8-9-16(15)26-18(20)19-17(22)12-25-14-6-4-3-5-7-14/h2-9,11H,1,10,12H2. The second-order valence-electron chi connectivity index (χ2n) is 5.30. The number of nitrogens with zero attached hydrogens (tertiary/aromatic N) is 3. The molecule has 0 unspecified atom stereocenters. The van der Waals surface area contributed by atoms with Crippen LogP contribution in [0.4, 0.5) is 5.69 Å². The molecule has 0 fully saturated rings. The summed E-state index contributed by atoms with van der Waals surface area (Å²) in [6.07, 6.45) is 1.67. The van der Waals surface area contributed by atoms with Crippen molar-refractivity contribution in [3.05, 3.63) is 76.1 Å². The lowest BCUT2D eigenvalue weighted by atomic mass is 10.3. The number of amides is 1. The molecular formula is C18H15N3O3S2. The van der Waals surface area contributed by atoms with Crippen LogP contribution in [0, 0.1) is 10.1 Å². The van der Waals surface area contributed by atoms with Crippen LogP contribution in [0.1, 0.15) is 0 Å². The monoisotopic (exact) mass is 385 g/mol. The Hall–Kier alpha value is -2.71. The predicted molar refractivity (Wildman–Crippen MR) is 104 cm³/mol. The molecule has 2 aromatic carbocycles. The maximum absolute atomic E-state index is 12.3. The molecule has 0 aliphatic heterocycles. The van der Waals surface area contributed by atoms with Crippen LogP contribution in [0.5, 0.6) is 0 Å². The molecule has 0 aliphatic carbocycles. The van der Waals surface area contributed by atoms with Gasteiger partial charge in [0.15, 0.2) is 4.80 Å². The number of carbonyl (C=O) groups is 1. The van der Waals surface area contributed by atoms with Gasteiger partial charge in [0, 0.05) is 23.6 Å². The van der Waals surface area contributed by atoms with Crippen molar-refractivity contribution < 1.29 is 9.72 Å². The van der Waals surface area contributed by atoms with Gasteiger partial charge in [-0.3, -0.25) is 14.9 Å². The summed E-state index contributed by atoms with van der Waals surface area (Å²) in [5.74, 6) is -0.0234. The first-order valence-corrected chi connectivity index (χ1v) is 9.53. The zero-order valence-corrected chi connectivity index (χ0v) is 15.3. The van der Waals surface area contributed by atoms with E-state index in [0.29, 0.717) is 16.9 Å². The number of nitro groups is 1. The number of aromatic nitrogens is 1. The number of allylic oxidation sites excluding steroid dienone is 1. The minimum Gasteiger partial charge on any atom is -0.312 e. The minimum atomic E-state index is -0.437. The third-order valence-electron chi connectivity index (χ3n) is 3.51. The molecule has 0 aliphatic rings. The highest BCUT2D eigenvalue weighted by atomic mass is 32.2. The van der Waals surface area contributed by atoms with Crippen molar-refractivity contribution in [2.24, 2.45) is 4.99 Å². The van der Waals surface area contributed by atoms with E-state index in [4.69, 9.17) is 0 Å². The molecule has 26 heavy (non-hydrogen) atoms. The molecule has 1 heterocycles. The molecule has 0 radical (unpaired) electrons. The number of hydrogen-bond acceptors (Lipinski definition) is 5. The number of carbonyl (C=O) groups excluding carboxylic acids is 1. The van der Waals surface area contributed by atoms with Gasteiger partial charge in [0.25, 0.3) is 11.6 Å². The highest BCUT2D eigenvalue weighted by Gasteiger charge is 2.12. The van der Waals surface area contributed by atoms with Crippen molar-refractivity contribution in [3.63, 3.8) is 0 Å². The third kappa shape index (κ3) is 4.09. The molecule has 1 amide bonds. The number of thioether (sulfide) groups is 1. The Morgan fingerprint density at radius 3 is 2.77 bits per heavy atom. The lowest BCUT2D eigenvalue weighted by molar-refractivity contribution is -0.384. The first-order valence-electron chi connectivity index (χ1n) is 7.72. The molecular weight excluding hydrogens is 370 g/mol. The normalized spacial score (nSPS) is 11.6. The summed E-state index contributed by atoms with van der Waals surface area (Å²) < 4.78 is 2.60. The molecule has 8 heteroatoms. The fraction of sp³-hybridized carbons (Fsp3) is 0.111. The van der Waals surface area contributed by atoms with Crippen LogP contribution < -0.4 is 4.80 Å². The van der Waals surface area contributed by atoms with Crippen LogP contribution in [-0.4, -0.2) is 21.2 Å². The Morgan fingerprint density at radius 1 is 1.31 bits per heavy atom. The van der Waals surface area contributed by atoms with Gasteiger partial charge in [0.1, 0.15) is 0 Å². The maximum Gasteiger partial charge on any atom is 0.271 e. The molecule has 0 N–H and O–H groups in total. The summed E-state index contributed by atoms with van der Waals surface area (Å²) >= 11 is 2.75. The number of fused-ring (bicyclic) bond motifs is 1. The Kier molecular flexibility index (Phi) is 5.65. The second kappa shape index (κ2) is 8.11. The Labute approximate surface area is 157 Å². The molecule has 0 atom stereocenters. The van der Waals surface area contributed by atoms with Gasteiger partial charge in [-0.1, -0.05) is 35.6 Å². The Balaban J connectivity index is 1.93. The zero-order valence-electron chi connectivity index (χ0n) is 13.7. The van der Waals surface area contributed by atoms with E-state index in [0.717, 1.165) is 9.60 Å². The summed E-state index contributed by atoms with van der Waals surface area (Å²) in [6, 6.07) is 14.3. The van der Waals surface area contributed by atoms with Gasteiger partial charge in [0.2, 0.25) is 0 Å². The zero-order chi connectivity index (χ0) is 18.5. The molecule has 6 nitrogen and oxygen atoms in total. The van der Waals surface area contributed by atoms with E-state index in [1.54, 1.807) is 16.7 Å². The largest absolute Gasteiger partial charge is 0.312 e. The predicted octanol–water partition coefficient (Wildman–Crippen LogP) is 4.02. The molecule has 0 saturated carbocycles. The van der Waals surface area contributed by atoms with Gasteiger partial charge in [-0.2, -0.15) is 4.99 Å². The van der Waals surface area contributed by atoms with E-state index in [9.17, 15) is 14.9 Å². The highest BCUT2D eigenvalue weighted by molar-refractivity contribution is 8.00. The summed E-state index contributed by atoms with van der Waals surface area (Å²) in [5.41, 5.74) is 0.678. The molecule has 3 aromatic rings. The van der Waals surface area contributed by atoms with Gasteiger partial charge in [-0.25, -0.2) is 0 Å². The number of non-ortho nitro benzene ring substituents is 1. The third-order valence-corrected chi connectivity index (χ3v) is 5.57. The van der Waals surface area contributed by atoms with E-state index in [-0.39, 0.29) is 17.3 Å². The van der Waals surface area contributed by atoms with Crippen LogP contribution in [-0.2, 0) is 11.3 Å². The highest BCUT2D eigenvalue weighted by Crippen LogP contribution is 2.23. The van der Waals surface area contributed by atoms with Crippen molar-refractivity contribution in [2.75, 3.05) is 5.75 Å². The topological polar surface area (TPSA) is 77.5 Å². The van der Waals surface area contributed by atoms with Gasteiger partial charge < -0.3 is 4.57 Å². The molecule has 0 bridgehead atoms. The molecule has 132 valence electrons. The van der Waals surface area contributed by atoms with Gasteiger partial charge in [-0.05, 0) is 18.2 Å². The molecule has 1 aromatic heterocycles. The van der Waals surface area contributed by atoms with Crippen LogP contribution in [0.15, 0.2) is 71.1 Å². The Morgan fingerprint density at radius 2 is 2.08 bits per heavy atom. The summed E-state index contributed by atoms with van der Waals surface area (Å²) in [4.78, 5) is 28.6. The number of benzene rings is 2. The van der Waals surface area contributed by atoms with Crippen LogP contribution in [0.3, 0.4) is 0 Å². The van der Waals surface area contributed by atoms with Crippen LogP contribution >= 0.6 is 23.1 Å². The lowest BCUT2D eigenvalue weighted by Crippen LogP contribution is -2.16. The molecule has 0 saturated heterocycles. The number of rotatable bonds is 6. The van der Waals surface area contributed by atoms with E-state index in [1.807, 2.05) is 30.3 Å². The van der Waals surface area contributed by atoms with Crippen molar-refractivity contribution in [1.82, 2.24) is 4.57 Å². The SMILES string of the molecule is C=CCn1c(=NC(=O)CSc2ccccc2)sc2ccc([N+](=O)[O-])cc21.